The fourth-order valence-corrected chi connectivity index (χ4v) is 2.22. The Hall–Kier alpha value is -0.990. The molecule has 1 heterocycles. The third kappa shape index (κ3) is 4.36. The van der Waals surface area contributed by atoms with Gasteiger partial charge in [-0.05, 0) is 0 Å². The zero-order chi connectivity index (χ0) is 11.5. The molecule has 1 atom stereocenters. The van der Waals surface area contributed by atoms with Crippen LogP contribution < -0.4 is 11.3 Å². The molecule has 0 aliphatic carbocycles. The van der Waals surface area contributed by atoms with Gasteiger partial charge in [-0.1, -0.05) is 5.21 Å². The van der Waals surface area contributed by atoms with E-state index in [-0.39, 0.29) is 11.8 Å². The first kappa shape index (κ1) is 12.1. The number of nitrogens with one attached hydrogen (secondary N) is 1. The SMILES string of the molecule is Cn1cc(CC(CS(C)(=O)=O)NN)nn1. The molecule has 7 nitrogen and oxygen atoms in total. The van der Waals surface area contributed by atoms with Crippen LogP contribution in [0.2, 0.25) is 0 Å². The summed E-state index contributed by atoms with van der Waals surface area (Å²) in [6.07, 6.45) is 3.35. The molecule has 0 aliphatic rings. The predicted octanol–water partition coefficient (Wildman–Crippen LogP) is -1.77. The molecule has 0 aromatic carbocycles. The summed E-state index contributed by atoms with van der Waals surface area (Å²) < 4.78 is 23.7. The van der Waals surface area contributed by atoms with E-state index < -0.39 is 9.84 Å². The van der Waals surface area contributed by atoms with Gasteiger partial charge in [-0.3, -0.25) is 16.0 Å². The van der Waals surface area contributed by atoms with Gasteiger partial charge in [-0.15, -0.1) is 5.10 Å². The first-order valence-corrected chi connectivity index (χ1v) is 6.46. The van der Waals surface area contributed by atoms with E-state index in [0.29, 0.717) is 12.1 Å². The van der Waals surface area contributed by atoms with Crippen LogP contribution in [0.3, 0.4) is 0 Å². The van der Waals surface area contributed by atoms with E-state index in [4.69, 9.17) is 5.84 Å². The standard InChI is InChI=1S/C7H15N5O2S/c1-12-4-6(10-11-12)3-7(9-8)5-15(2,13)14/h4,7,9H,3,5,8H2,1-2H3. The molecule has 15 heavy (non-hydrogen) atoms. The first-order valence-electron chi connectivity index (χ1n) is 4.40. The van der Waals surface area contributed by atoms with Gasteiger partial charge in [0, 0.05) is 32.0 Å². The summed E-state index contributed by atoms with van der Waals surface area (Å²) in [5.41, 5.74) is 3.17. The van der Waals surface area contributed by atoms with Crippen LogP contribution >= 0.6 is 0 Å². The highest BCUT2D eigenvalue weighted by atomic mass is 32.2. The summed E-state index contributed by atoms with van der Waals surface area (Å²) >= 11 is 0. The van der Waals surface area contributed by atoms with Crippen molar-refractivity contribution in [3.05, 3.63) is 11.9 Å². The summed E-state index contributed by atoms with van der Waals surface area (Å²) in [5, 5.41) is 7.61. The Labute approximate surface area is 88.5 Å². The van der Waals surface area contributed by atoms with Gasteiger partial charge in [0.05, 0.1) is 11.4 Å². The van der Waals surface area contributed by atoms with Crippen LogP contribution in [0.1, 0.15) is 5.69 Å². The fourth-order valence-electron chi connectivity index (χ4n) is 1.27. The second-order valence-electron chi connectivity index (χ2n) is 3.54. The van der Waals surface area contributed by atoms with Crippen LogP contribution in [-0.2, 0) is 23.3 Å². The highest BCUT2D eigenvalue weighted by Crippen LogP contribution is 2.00. The van der Waals surface area contributed by atoms with Gasteiger partial charge >= 0.3 is 0 Å². The topological polar surface area (TPSA) is 103 Å². The van der Waals surface area contributed by atoms with Gasteiger partial charge in [0.25, 0.3) is 0 Å². The minimum Gasteiger partial charge on any atom is -0.271 e. The Morgan fingerprint density at radius 1 is 1.67 bits per heavy atom. The summed E-state index contributed by atoms with van der Waals surface area (Å²) in [5.74, 6) is 5.25. The molecule has 1 aromatic rings. The lowest BCUT2D eigenvalue weighted by Crippen LogP contribution is -2.41. The van der Waals surface area contributed by atoms with Crippen molar-refractivity contribution in [2.45, 2.75) is 12.5 Å². The smallest absolute Gasteiger partial charge is 0.149 e. The molecule has 0 bridgehead atoms. The van der Waals surface area contributed by atoms with E-state index in [2.05, 4.69) is 15.7 Å². The molecular formula is C7H15N5O2S. The Morgan fingerprint density at radius 2 is 2.33 bits per heavy atom. The molecule has 1 rings (SSSR count). The van der Waals surface area contributed by atoms with Crippen molar-refractivity contribution in [3.63, 3.8) is 0 Å². The number of nitrogens with zero attached hydrogens (tertiary/aromatic N) is 3. The number of hydrogen-bond acceptors (Lipinski definition) is 6. The van der Waals surface area contributed by atoms with E-state index in [1.165, 1.54) is 6.26 Å². The van der Waals surface area contributed by atoms with Gasteiger partial charge < -0.3 is 0 Å². The predicted molar refractivity (Wildman–Crippen MR) is 55.5 cm³/mol. The van der Waals surface area contributed by atoms with Crippen molar-refractivity contribution < 1.29 is 8.42 Å². The molecular weight excluding hydrogens is 218 g/mol. The second kappa shape index (κ2) is 4.69. The van der Waals surface area contributed by atoms with E-state index in [1.54, 1.807) is 17.9 Å². The van der Waals surface area contributed by atoms with Crippen LogP contribution in [0.4, 0.5) is 0 Å². The molecule has 0 spiro atoms. The second-order valence-corrected chi connectivity index (χ2v) is 5.73. The van der Waals surface area contributed by atoms with Crippen LogP contribution in [0.25, 0.3) is 0 Å². The number of aromatic nitrogens is 3. The van der Waals surface area contributed by atoms with Crippen molar-refractivity contribution in [3.8, 4) is 0 Å². The molecule has 0 aliphatic heterocycles. The Morgan fingerprint density at radius 3 is 2.73 bits per heavy atom. The summed E-state index contributed by atoms with van der Waals surface area (Å²) in [7, 11) is -1.30. The third-order valence-corrected chi connectivity index (χ3v) is 2.85. The minimum atomic E-state index is -3.05. The summed E-state index contributed by atoms with van der Waals surface area (Å²) in [6, 6.07) is -0.336. The van der Waals surface area contributed by atoms with Crippen molar-refractivity contribution in [2.24, 2.45) is 12.9 Å². The van der Waals surface area contributed by atoms with E-state index >= 15 is 0 Å². The molecule has 1 aromatic heterocycles. The zero-order valence-corrected chi connectivity index (χ0v) is 9.53. The van der Waals surface area contributed by atoms with E-state index in [9.17, 15) is 8.42 Å². The molecule has 0 saturated heterocycles. The monoisotopic (exact) mass is 233 g/mol. The van der Waals surface area contributed by atoms with E-state index in [1.807, 2.05) is 0 Å². The van der Waals surface area contributed by atoms with Gasteiger partial charge in [0.15, 0.2) is 0 Å². The van der Waals surface area contributed by atoms with Crippen molar-refractivity contribution >= 4 is 9.84 Å². The maximum absolute atomic E-state index is 11.1. The van der Waals surface area contributed by atoms with Crippen molar-refractivity contribution in [2.75, 3.05) is 12.0 Å². The maximum atomic E-state index is 11.1. The summed E-state index contributed by atoms with van der Waals surface area (Å²) in [4.78, 5) is 0. The van der Waals surface area contributed by atoms with Crippen LogP contribution in [0.15, 0.2) is 6.20 Å². The van der Waals surface area contributed by atoms with E-state index in [0.717, 1.165) is 0 Å². The molecule has 86 valence electrons. The zero-order valence-electron chi connectivity index (χ0n) is 8.71. The molecule has 1 unspecified atom stereocenters. The average Bonchev–Trinajstić information content (AvgIpc) is 2.47. The highest BCUT2D eigenvalue weighted by molar-refractivity contribution is 7.90. The largest absolute Gasteiger partial charge is 0.271 e. The molecule has 0 fully saturated rings. The fraction of sp³-hybridized carbons (Fsp3) is 0.714. The van der Waals surface area contributed by atoms with Gasteiger partial charge in [-0.25, -0.2) is 8.42 Å². The number of nitrogens with two attached hydrogens (primary N) is 1. The van der Waals surface area contributed by atoms with Gasteiger partial charge in [0.1, 0.15) is 9.84 Å². The van der Waals surface area contributed by atoms with Gasteiger partial charge in [-0.2, -0.15) is 0 Å². The molecule has 0 amide bonds. The number of rotatable bonds is 5. The molecule has 0 radical (unpaired) electrons. The summed E-state index contributed by atoms with van der Waals surface area (Å²) in [6.45, 7) is 0. The minimum absolute atomic E-state index is 0.0138. The lowest BCUT2D eigenvalue weighted by molar-refractivity contribution is 0.541. The number of hydrogen-bond donors (Lipinski definition) is 2. The molecule has 3 N–H and O–H groups in total. The van der Waals surface area contributed by atoms with Crippen molar-refractivity contribution in [1.82, 2.24) is 20.4 Å². The molecule has 0 saturated carbocycles. The quantitative estimate of drug-likeness (QED) is 0.461. The van der Waals surface area contributed by atoms with Crippen molar-refractivity contribution in [1.29, 1.82) is 0 Å². The Kier molecular flexibility index (Phi) is 3.77. The van der Waals surface area contributed by atoms with Crippen LogP contribution in [0, 0.1) is 0 Å². The third-order valence-electron chi connectivity index (χ3n) is 1.85. The molecule has 8 heteroatoms. The maximum Gasteiger partial charge on any atom is 0.149 e. The Balaban J connectivity index is 2.62. The Bertz CT molecular complexity index is 413. The number of hydrazine groups is 1. The van der Waals surface area contributed by atoms with Crippen LogP contribution in [-0.4, -0.2) is 41.5 Å². The normalized spacial score (nSPS) is 14.1. The first-order chi connectivity index (χ1) is 6.90. The highest BCUT2D eigenvalue weighted by Gasteiger charge is 2.15. The average molecular weight is 233 g/mol. The lowest BCUT2D eigenvalue weighted by Gasteiger charge is -2.12. The van der Waals surface area contributed by atoms with Crippen LogP contribution in [0.5, 0.6) is 0 Å². The number of sulfone groups is 1. The number of aryl methyl sites for hydroxylation is 1. The lowest BCUT2D eigenvalue weighted by atomic mass is 10.2. The van der Waals surface area contributed by atoms with Gasteiger partial charge in [0.2, 0.25) is 0 Å².